The van der Waals surface area contributed by atoms with Crippen molar-refractivity contribution >= 4 is 40.0 Å². The summed E-state index contributed by atoms with van der Waals surface area (Å²) in [5.41, 5.74) is 4.74. The molecule has 0 bridgehead atoms. The molecule has 6 rings (SSSR count). The van der Waals surface area contributed by atoms with Crippen LogP contribution in [0.1, 0.15) is 49.3 Å². The van der Waals surface area contributed by atoms with Gasteiger partial charge in [-0.25, -0.2) is 4.98 Å². The molecule has 0 amide bonds. The average molecular weight is 543 g/mol. The summed E-state index contributed by atoms with van der Waals surface area (Å²) in [5.74, 6) is 0.504. The lowest BCUT2D eigenvalue weighted by Crippen LogP contribution is -2.44. The highest BCUT2D eigenvalue weighted by Gasteiger charge is 2.22. The minimum Gasteiger partial charge on any atom is -0.369 e. The van der Waals surface area contributed by atoms with E-state index in [1.165, 1.54) is 12.1 Å². The third-order valence-corrected chi connectivity index (χ3v) is 8.34. The van der Waals surface area contributed by atoms with Gasteiger partial charge in [0.1, 0.15) is 5.65 Å². The minimum absolute atomic E-state index is 0.0468. The third-order valence-electron chi connectivity index (χ3n) is 8.09. The topological polar surface area (TPSA) is 66.3 Å². The van der Waals surface area contributed by atoms with Gasteiger partial charge in [-0.1, -0.05) is 43.0 Å². The number of rotatable bonds is 6. The highest BCUT2D eigenvalue weighted by atomic mass is 35.5. The van der Waals surface area contributed by atoms with Crippen LogP contribution >= 0.6 is 11.6 Å². The Morgan fingerprint density at radius 1 is 0.949 bits per heavy atom. The molecule has 1 aliphatic carbocycles. The lowest BCUT2D eigenvalue weighted by atomic mass is 9.94. The molecule has 1 saturated carbocycles. The van der Waals surface area contributed by atoms with Gasteiger partial charge in [-0.3, -0.25) is 9.36 Å². The van der Waals surface area contributed by atoms with E-state index in [2.05, 4.69) is 51.4 Å². The zero-order valence-electron chi connectivity index (χ0n) is 22.4. The first-order valence-electron chi connectivity index (χ1n) is 14.0. The molecule has 3 heterocycles. The number of fused-ring (bicyclic) bond motifs is 1. The van der Waals surface area contributed by atoms with Gasteiger partial charge in [-0.15, -0.1) is 0 Å². The molecule has 2 aliphatic rings. The zero-order valence-corrected chi connectivity index (χ0v) is 23.2. The molecule has 0 atom stereocenters. The first-order chi connectivity index (χ1) is 19.0. The second-order valence-electron chi connectivity index (χ2n) is 10.9. The van der Waals surface area contributed by atoms with E-state index in [0.717, 1.165) is 74.1 Å². The first kappa shape index (κ1) is 25.8. The van der Waals surface area contributed by atoms with Crippen LogP contribution in [0.15, 0.2) is 65.6 Å². The van der Waals surface area contributed by atoms with Crippen LogP contribution in [-0.4, -0.2) is 52.7 Å². The summed E-state index contributed by atoms with van der Waals surface area (Å²) in [7, 11) is 2.17. The van der Waals surface area contributed by atoms with E-state index in [-0.39, 0.29) is 11.6 Å². The Hall–Kier alpha value is -3.42. The maximum atomic E-state index is 13.9. The van der Waals surface area contributed by atoms with Gasteiger partial charge in [0.05, 0.1) is 0 Å². The van der Waals surface area contributed by atoms with Crippen molar-refractivity contribution in [3.05, 3.63) is 87.3 Å². The summed E-state index contributed by atoms with van der Waals surface area (Å²) in [4.78, 5) is 28.2. The zero-order chi connectivity index (χ0) is 26.8. The van der Waals surface area contributed by atoms with E-state index in [1.807, 2.05) is 41.1 Å². The van der Waals surface area contributed by atoms with Crippen LogP contribution in [0, 0.1) is 0 Å². The second kappa shape index (κ2) is 11.4. The largest absolute Gasteiger partial charge is 0.369 e. The molecule has 2 aromatic heterocycles. The highest BCUT2D eigenvalue weighted by Crippen LogP contribution is 2.30. The molecule has 1 saturated heterocycles. The number of likely N-dealkylation sites (N-methyl/N-ethyl adjacent to an activating group) is 1. The van der Waals surface area contributed by atoms with Gasteiger partial charge < -0.3 is 15.1 Å². The number of hydrogen-bond donors (Lipinski definition) is 1. The van der Waals surface area contributed by atoms with Gasteiger partial charge in [0.15, 0.2) is 0 Å². The molecule has 0 unspecified atom stereocenters. The predicted octanol–water partition coefficient (Wildman–Crippen LogP) is 6.04. The molecule has 2 fully saturated rings. The summed E-state index contributed by atoms with van der Waals surface area (Å²) in [6.07, 6.45) is 7.89. The summed E-state index contributed by atoms with van der Waals surface area (Å²) in [6, 6.07) is 18.3. The third kappa shape index (κ3) is 5.80. The molecule has 1 N–H and O–H groups in total. The van der Waals surface area contributed by atoms with Crippen molar-refractivity contribution in [1.82, 2.24) is 19.4 Å². The number of piperazine rings is 1. The normalized spacial score (nSPS) is 17.0. The van der Waals surface area contributed by atoms with Crippen molar-refractivity contribution in [3.63, 3.8) is 0 Å². The molecule has 8 heteroatoms. The van der Waals surface area contributed by atoms with Gasteiger partial charge in [0.2, 0.25) is 5.95 Å². The quantitative estimate of drug-likeness (QED) is 0.320. The standard InChI is InChI=1S/C31H35ClN6O/c1-36-15-17-37(18-16-36)27-13-11-26(12-14-27)34-31-33-21-24-20-23(19-22-7-9-25(32)10-8-22)30(39)38(29(24)35-31)28-5-3-2-4-6-28/h7-14,20-21,28H,2-6,15-19H2,1H3,(H,33,34,35). The van der Waals surface area contributed by atoms with Gasteiger partial charge in [0.25, 0.3) is 5.56 Å². The van der Waals surface area contributed by atoms with Crippen molar-refractivity contribution in [1.29, 1.82) is 0 Å². The maximum absolute atomic E-state index is 13.9. The minimum atomic E-state index is 0.0468. The molecule has 202 valence electrons. The lowest BCUT2D eigenvalue weighted by Gasteiger charge is -2.34. The van der Waals surface area contributed by atoms with Crippen LogP contribution in [0.3, 0.4) is 0 Å². The van der Waals surface area contributed by atoms with Crippen molar-refractivity contribution in [3.8, 4) is 0 Å². The van der Waals surface area contributed by atoms with Gasteiger partial charge in [-0.05, 0) is 67.9 Å². The van der Waals surface area contributed by atoms with Crippen LogP contribution in [-0.2, 0) is 6.42 Å². The summed E-state index contributed by atoms with van der Waals surface area (Å²) in [6.45, 7) is 4.23. The Morgan fingerprint density at radius 3 is 2.38 bits per heavy atom. The highest BCUT2D eigenvalue weighted by molar-refractivity contribution is 6.30. The number of benzene rings is 2. The number of pyridine rings is 1. The molecule has 0 radical (unpaired) electrons. The molecule has 0 spiro atoms. The van der Waals surface area contributed by atoms with Crippen molar-refractivity contribution in [2.24, 2.45) is 0 Å². The fourth-order valence-electron chi connectivity index (χ4n) is 5.81. The SMILES string of the molecule is CN1CCN(c2ccc(Nc3ncc4cc(Cc5ccc(Cl)cc5)c(=O)n(C5CCCCC5)c4n3)cc2)CC1. The Balaban J connectivity index is 1.30. The van der Waals surface area contributed by atoms with E-state index in [1.54, 1.807) is 0 Å². The summed E-state index contributed by atoms with van der Waals surface area (Å²) < 4.78 is 1.95. The van der Waals surface area contributed by atoms with Crippen molar-refractivity contribution in [2.45, 2.75) is 44.6 Å². The van der Waals surface area contributed by atoms with Crippen molar-refractivity contribution in [2.75, 3.05) is 43.4 Å². The van der Waals surface area contributed by atoms with Gasteiger partial charge in [-0.2, -0.15) is 4.98 Å². The Morgan fingerprint density at radius 2 is 1.67 bits per heavy atom. The van der Waals surface area contributed by atoms with Crippen LogP contribution in [0.2, 0.25) is 5.02 Å². The smallest absolute Gasteiger partial charge is 0.256 e. The van der Waals surface area contributed by atoms with Crippen molar-refractivity contribution < 1.29 is 0 Å². The number of nitrogens with zero attached hydrogens (tertiary/aromatic N) is 5. The van der Waals surface area contributed by atoms with Crippen LogP contribution in [0.25, 0.3) is 11.0 Å². The monoisotopic (exact) mass is 542 g/mol. The summed E-state index contributed by atoms with van der Waals surface area (Å²) in [5, 5.41) is 4.95. The van der Waals surface area contributed by atoms with E-state index in [9.17, 15) is 4.79 Å². The van der Waals surface area contributed by atoms with Gasteiger partial charge >= 0.3 is 0 Å². The second-order valence-corrected chi connectivity index (χ2v) is 11.3. The number of anilines is 3. The maximum Gasteiger partial charge on any atom is 0.256 e. The molecular formula is C31H35ClN6O. The van der Waals surface area contributed by atoms with Crippen LogP contribution in [0.4, 0.5) is 17.3 Å². The van der Waals surface area contributed by atoms with Crippen LogP contribution in [0.5, 0.6) is 0 Å². The number of hydrogen-bond acceptors (Lipinski definition) is 6. The fraction of sp³-hybridized carbons (Fsp3) is 0.387. The summed E-state index contributed by atoms with van der Waals surface area (Å²) >= 11 is 6.08. The Bertz CT molecular complexity index is 1490. The molecule has 4 aromatic rings. The molecule has 2 aromatic carbocycles. The first-order valence-corrected chi connectivity index (χ1v) is 14.4. The van der Waals surface area contributed by atoms with E-state index >= 15 is 0 Å². The number of halogens is 1. The predicted molar refractivity (Wildman–Crippen MR) is 160 cm³/mol. The molecule has 7 nitrogen and oxygen atoms in total. The molecule has 39 heavy (non-hydrogen) atoms. The van der Waals surface area contributed by atoms with Gasteiger partial charge in [0, 0.05) is 72.2 Å². The van der Waals surface area contributed by atoms with E-state index in [4.69, 9.17) is 16.6 Å². The molecular weight excluding hydrogens is 508 g/mol. The van der Waals surface area contributed by atoms with E-state index < -0.39 is 0 Å². The van der Waals surface area contributed by atoms with E-state index in [0.29, 0.717) is 23.0 Å². The lowest BCUT2D eigenvalue weighted by molar-refractivity contribution is 0.313. The number of nitrogens with one attached hydrogen (secondary N) is 1. The molecule has 1 aliphatic heterocycles. The van der Waals surface area contributed by atoms with Crippen LogP contribution < -0.4 is 15.8 Å². The average Bonchev–Trinajstić information content (AvgIpc) is 2.96. The Kier molecular flexibility index (Phi) is 7.53. The Labute approximate surface area is 234 Å². The fourth-order valence-corrected chi connectivity index (χ4v) is 5.94. The number of aromatic nitrogens is 3.